The van der Waals surface area contributed by atoms with E-state index in [1.54, 1.807) is 14.2 Å². The minimum atomic E-state index is -1.58. The van der Waals surface area contributed by atoms with Crippen LogP contribution >= 0.6 is 0 Å². The number of benzene rings is 5. The maximum atomic E-state index is 12.2. The molecule has 1 unspecified atom stereocenters. The zero-order valence-electron chi connectivity index (χ0n) is 24.1. The second kappa shape index (κ2) is 9.48. The number of ether oxygens (including phenoxy) is 3. The lowest BCUT2D eigenvalue weighted by Gasteiger charge is -2.38. The first kappa shape index (κ1) is 26.3. The van der Waals surface area contributed by atoms with Crippen LogP contribution in [0.2, 0.25) is 0 Å². The minimum Gasteiger partial charge on any atom is -0.497 e. The van der Waals surface area contributed by atoms with Crippen molar-refractivity contribution in [3.05, 3.63) is 130 Å². The predicted molar refractivity (Wildman–Crippen MR) is 165 cm³/mol. The average Bonchev–Trinajstić information content (AvgIpc) is 3.29. The fraction of sp³-hybridized carbons (Fsp3) is 0.189. The summed E-state index contributed by atoms with van der Waals surface area (Å²) in [5.41, 5.74) is 5.44. The van der Waals surface area contributed by atoms with Gasteiger partial charge in [-0.15, -0.1) is 0 Å². The third-order valence-electron chi connectivity index (χ3n) is 8.77. The normalized spacial score (nSPS) is 17.8. The Morgan fingerprint density at radius 2 is 1.33 bits per heavy atom. The second-order valence-electron chi connectivity index (χ2n) is 11.2. The summed E-state index contributed by atoms with van der Waals surface area (Å²) in [5, 5.41) is 24.9. The van der Waals surface area contributed by atoms with Gasteiger partial charge in [0.1, 0.15) is 22.8 Å². The monoisotopic (exact) mass is 556 g/mol. The minimum absolute atomic E-state index is 0.448. The van der Waals surface area contributed by atoms with Crippen LogP contribution in [0.25, 0.3) is 28.0 Å². The van der Waals surface area contributed by atoms with Crippen molar-refractivity contribution in [1.29, 1.82) is 0 Å². The standard InChI is InChI=1S/C37H32O5/c1-22-5-15-28-31(19-22)35-30(34-33(28)29-16-6-23(2)20-32(29)36(34,39)21-38)17-18-37(42-35,24-7-11-26(40-3)12-8-24)25-9-13-27(41-4)14-10-25/h5-20,38-39H,21H2,1-4H3. The maximum absolute atomic E-state index is 12.2. The summed E-state index contributed by atoms with van der Waals surface area (Å²) in [5.74, 6) is 2.17. The number of aliphatic hydroxyl groups excluding tert-OH is 1. The molecule has 5 aromatic rings. The molecule has 210 valence electrons. The van der Waals surface area contributed by atoms with Gasteiger partial charge < -0.3 is 24.4 Å². The molecule has 0 saturated carbocycles. The molecule has 1 aliphatic heterocycles. The van der Waals surface area contributed by atoms with E-state index in [0.717, 1.165) is 61.2 Å². The highest BCUT2D eigenvalue weighted by atomic mass is 16.5. The van der Waals surface area contributed by atoms with Gasteiger partial charge in [-0.3, -0.25) is 0 Å². The SMILES string of the molecule is COc1ccc(C2(c3ccc(OC)cc3)C=Cc3c4c(c5ccc(C)cc5c3O2)-c2ccc(C)cc2C4(O)CO)cc1. The molecule has 42 heavy (non-hydrogen) atoms. The molecule has 0 amide bonds. The van der Waals surface area contributed by atoms with Gasteiger partial charge in [0.15, 0.2) is 5.60 Å². The Morgan fingerprint density at radius 3 is 1.93 bits per heavy atom. The van der Waals surface area contributed by atoms with Crippen molar-refractivity contribution in [1.82, 2.24) is 0 Å². The maximum Gasteiger partial charge on any atom is 0.178 e. The van der Waals surface area contributed by atoms with Crippen LogP contribution in [0.1, 0.15) is 38.9 Å². The van der Waals surface area contributed by atoms with Gasteiger partial charge in [-0.1, -0.05) is 71.8 Å². The van der Waals surface area contributed by atoms with Crippen molar-refractivity contribution < 1.29 is 24.4 Å². The van der Waals surface area contributed by atoms with E-state index in [0.29, 0.717) is 16.9 Å². The third-order valence-corrected chi connectivity index (χ3v) is 8.77. The highest BCUT2D eigenvalue weighted by molar-refractivity contribution is 6.08. The fourth-order valence-electron chi connectivity index (χ4n) is 6.64. The van der Waals surface area contributed by atoms with Gasteiger partial charge in [0.25, 0.3) is 0 Å². The quantitative estimate of drug-likeness (QED) is 0.243. The van der Waals surface area contributed by atoms with Crippen LogP contribution in [-0.2, 0) is 11.2 Å². The van der Waals surface area contributed by atoms with E-state index in [4.69, 9.17) is 14.2 Å². The molecule has 0 aromatic heterocycles. The van der Waals surface area contributed by atoms with E-state index in [9.17, 15) is 10.2 Å². The number of hydrogen-bond donors (Lipinski definition) is 2. The average molecular weight is 557 g/mol. The van der Waals surface area contributed by atoms with Crippen molar-refractivity contribution in [2.75, 3.05) is 20.8 Å². The highest BCUT2D eigenvalue weighted by Gasteiger charge is 2.47. The first-order valence-electron chi connectivity index (χ1n) is 14.1. The third kappa shape index (κ3) is 3.64. The van der Waals surface area contributed by atoms with Crippen molar-refractivity contribution in [2.45, 2.75) is 25.0 Å². The number of fused-ring (bicyclic) bond motifs is 8. The van der Waals surface area contributed by atoms with E-state index in [1.165, 1.54) is 0 Å². The van der Waals surface area contributed by atoms with Gasteiger partial charge >= 0.3 is 0 Å². The molecule has 1 aliphatic carbocycles. The van der Waals surface area contributed by atoms with Gasteiger partial charge in [-0.05, 0) is 72.3 Å². The van der Waals surface area contributed by atoms with Crippen LogP contribution in [-0.4, -0.2) is 31.0 Å². The number of methoxy groups -OCH3 is 2. The number of aliphatic hydroxyl groups is 2. The Kier molecular flexibility index (Phi) is 5.94. The Bertz CT molecular complexity index is 1840. The Labute approximate surface area is 245 Å². The summed E-state index contributed by atoms with van der Waals surface area (Å²) >= 11 is 0. The first-order valence-corrected chi connectivity index (χ1v) is 14.1. The van der Waals surface area contributed by atoms with E-state index in [2.05, 4.69) is 37.3 Å². The molecule has 5 aromatic carbocycles. The molecule has 5 nitrogen and oxygen atoms in total. The summed E-state index contributed by atoms with van der Waals surface area (Å²) in [7, 11) is 3.30. The summed E-state index contributed by atoms with van der Waals surface area (Å²) < 4.78 is 18.1. The number of hydrogen-bond acceptors (Lipinski definition) is 5. The topological polar surface area (TPSA) is 68.2 Å². The molecule has 0 fully saturated rings. The van der Waals surface area contributed by atoms with Crippen molar-refractivity contribution >= 4 is 16.8 Å². The molecule has 2 aliphatic rings. The first-order chi connectivity index (χ1) is 20.3. The lowest BCUT2D eigenvalue weighted by Crippen LogP contribution is -2.36. The molecule has 7 rings (SSSR count). The summed E-state index contributed by atoms with van der Waals surface area (Å²) in [6, 6.07) is 28.2. The van der Waals surface area contributed by atoms with Gasteiger partial charge in [-0.25, -0.2) is 0 Å². The number of aryl methyl sites for hydroxylation is 2. The van der Waals surface area contributed by atoms with Crippen molar-refractivity contribution in [2.24, 2.45) is 0 Å². The molecule has 0 radical (unpaired) electrons. The molecule has 0 saturated heterocycles. The van der Waals surface area contributed by atoms with Crippen LogP contribution in [0.4, 0.5) is 0 Å². The zero-order chi connectivity index (χ0) is 29.2. The Morgan fingerprint density at radius 1 is 0.738 bits per heavy atom. The Balaban J connectivity index is 1.55. The van der Waals surface area contributed by atoms with Gasteiger partial charge in [0, 0.05) is 27.6 Å². The molecular formula is C37H32O5. The summed E-state index contributed by atoms with van der Waals surface area (Å²) in [6.45, 7) is 3.62. The van der Waals surface area contributed by atoms with Crippen molar-refractivity contribution in [3.63, 3.8) is 0 Å². The molecule has 2 N–H and O–H groups in total. The largest absolute Gasteiger partial charge is 0.497 e. The van der Waals surface area contributed by atoms with Gasteiger partial charge in [0.2, 0.25) is 0 Å². The molecular weight excluding hydrogens is 524 g/mol. The van der Waals surface area contributed by atoms with Crippen LogP contribution in [0.5, 0.6) is 17.2 Å². The van der Waals surface area contributed by atoms with E-state index in [-0.39, 0.29) is 0 Å². The predicted octanol–water partition coefficient (Wildman–Crippen LogP) is 7.03. The smallest absolute Gasteiger partial charge is 0.178 e. The molecule has 1 atom stereocenters. The van der Waals surface area contributed by atoms with Gasteiger partial charge in [0.05, 0.1) is 20.8 Å². The van der Waals surface area contributed by atoms with Crippen LogP contribution in [0.15, 0.2) is 91.0 Å². The fourth-order valence-corrected chi connectivity index (χ4v) is 6.64. The molecule has 1 heterocycles. The molecule has 0 bridgehead atoms. The van der Waals surface area contributed by atoms with Crippen LogP contribution in [0, 0.1) is 13.8 Å². The van der Waals surface area contributed by atoms with E-state index < -0.39 is 17.8 Å². The number of rotatable bonds is 5. The van der Waals surface area contributed by atoms with Crippen molar-refractivity contribution in [3.8, 4) is 28.4 Å². The second-order valence-corrected chi connectivity index (χ2v) is 11.2. The van der Waals surface area contributed by atoms with Gasteiger partial charge in [-0.2, -0.15) is 0 Å². The lowest BCUT2D eigenvalue weighted by atomic mass is 9.80. The summed E-state index contributed by atoms with van der Waals surface area (Å²) in [4.78, 5) is 0. The summed E-state index contributed by atoms with van der Waals surface area (Å²) in [6.07, 6.45) is 4.10. The van der Waals surface area contributed by atoms with Crippen LogP contribution < -0.4 is 14.2 Å². The lowest BCUT2D eigenvalue weighted by molar-refractivity contribution is 0.0205. The van der Waals surface area contributed by atoms with E-state index >= 15 is 0 Å². The van der Waals surface area contributed by atoms with E-state index in [1.807, 2.05) is 73.7 Å². The van der Waals surface area contributed by atoms with Crippen LogP contribution in [0.3, 0.4) is 0 Å². The zero-order valence-corrected chi connectivity index (χ0v) is 24.1. The highest BCUT2D eigenvalue weighted by Crippen LogP contribution is 2.57. The molecule has 5 heteroatoms. The molecule has 0 spiro atoms. The Hall–Kier alpha value is -4.58.